The normalized spacial score (nSPS) is 12.3. The van der Waals surface area contributed by atoms with Crippen LogP contribution in [0.5, 0.6) is 5.75 Å². The maximum atomic E-state index is 11.9. The second kappa shape index (κ2) is 7.91. The zero-order chi connectivity index (χ0) is 18.4. The quantitative estimate of drug-likeness (QED) is 0.283. The van der Waals surface area contributed by atoms with Crippen LogP contribution in [0.3, 0.4) is 0 Å². The van der Waals surface area contributed by atoms with Crippen molar-refractivity contribution < 1.29 is 19.3 Å². The number of nitro groups is 1. The third-order valence-corrected chi connectivity index (χ3v) is 3.24. The topological polar surface area (TPSA) is 117 Å². The second-order valence-electron chi connectivity index (χ2n) is 5.27. The van der Waals surface area contributed by atoms with Gasteiger partial charge in [-0.3, -0.25) is 10.1 Å². The van der Waals surface area contributed by atoms with Gasteiger partial charge < -0.3 is 15.3 Å². The van der Waals surface area contributed by atoms with Crippen LogP contribution in [0.2, 0.25) is 0 Å². The Bertz CT molecular complexity index is 802. The highest BCUT2D eigenvalue weighted by atomic mass is 16.7. The maximum Gasteiger partial charge on any atom is 0.374 e. The van der Waals surface area contributed by atoms with E-state index in [4.69, 9.17) is 15.3 Å². The van der Waals surface area contributed by atoms with Crippen molar-refractivity contribution >= 4 is 17.5 Å². The molecule has 0 fully saturated rings. The molecule has 130 valence electrons. The number of nitrogens with zero attached hydrogens (tertiary/aromatic N) is 2. The van der Waals surface area contributed by atoms with Crippen molar-refractivity contribution in [2.45, 2.75) is 20.0 Å². The lowest BCUT2D eigenvalue weighted by molar-refractivity contribution is -0.384. The molecule has 0 heterocycles. The zero-order valence-corrected chi connectivity index (χ0v) is 13.7. The predicted molar refractivity (Wildman–Crippen MR) is 91.2 cm³/mol. The first kappa shape index (κ1) is 17.9. The number of benzene rings is 2. The van der Waals surface area contributed by atoms with Crippen molar-refractivity contribution in [3.8, 4) is 5.75 Å². The number of carbonyl (C=O) groups is 1. The van der Waals surface area contributed by atoms with E-state index in [1.165, 1.54) is 31.2 Å². The molecule has 0 saturated carbocycles. The number of nitro benzene ring substituents is 1. The number of rotatable bonds is 6. The van der Waals surface area contributed by atoms with Crippen LogP contribution < -0.4 is 10.5 Å². The molecule has 0 spiro atoms. The minimum absolute atomic E-state index is 0.0753. The molecule has 8 nitrogen and oxygen atoms in total. The van der Waals surface area contributed by atoms with Gasteiger partial charge >= 0.3 is 5.97 Å². The molecular weight excluding hydrogens is 326 g/mol. The molecule has 0 aliphatic heterocycles. The number of amidine groups is 1. The van der Waals surface area contributed by atoms with Crippen molar-refractivity contribution in [3.05, 3.63) is 69.8 Å². The Kier molecular flexibility index (Phi) is 5.67. The van der Waals surface area contributed by atoms with Crippen LogP contribution in [0.1, 0.15) is 18.1 Å². The van der Waals surface area contributed by atoms with Crippen molar-refractivity contribution in [2.24, 2.45) is 10.9 Å². The monoisotopic (exact) mass is 343 g/mol. The largest absolute Gasteiger partial charge is 0.479 e. The molecule has 0 amide bonds. The molecule has 1 unspecified atom stereocenters. The zero-order valence-electron chi connectivity index (χ0n) is 13.7. The number of ether oxygens (including phenoxy) is 1. The Morgan fingerprint density at radius 3 is 2.52 bits per heavy atom. The molecule has 2 aromatic carbocycles. The van der Waals surface area contributed by atoms with E-state index >= 15 is 0 Å². The molecule has 0 radical (unpaired) electrons. The molecule has 2 aromatic rings. The summed E-state index contributed by atoms with van der Waals surface area (Å²) in [6, 6.07) is 12.6. The van der Waals surface area contributed by atoms with Gasteiger partial charge in [0.25, 0.3) is 5.69 Å². The van der Waals surface area contributed by atoms with Crippen LogP contribution in [0.25, 0.3) is 0 Å². The van der Waals surface area contributed by atoms with Gasteiger partial charge in [-0.05, 0) is 43.7 Å². The highest BCUT2D eigenvalue weighted by Crippen LogP contribution is 2.15. The standard InChI is InChI=1S/C17H17N3O5/c1-11-4-3-5-15(10-11)24-12(2)17(21)25-19-16(18)13-6-8-14(9-7-13)20(22)23/h3-10,12H,1-2H3,(H2,18,19). The first-order chi connectivity index (χ1) is 11.9. The maximum absolute atomic E-state index is 11.9. The third kappa shape index (κ3) is 5.03. The first-order valence-corrected chi connectivity index (χ1v) is 7.39. The number of hydrogen-bond donors (Lipinski definition) is 1. The van der Waals surface area contributed by atoms with E-state index in [1.54, 1.807) is 12.1 Å². The lowest BCUT2D eigenvalue weighted by Crippen LogP contribution is -2.26. The molecule has 0 aliphatic rings. The lowest BCUT2D eigenvalue weighted by Gasteiger charge is -2.12. The number of oxime groups is 1. The van der Waals surface area contributed by atoms with Gasteiger partial charge in [0.05, 0.1) is 4.92 Å². The van der Waals surface area contributed by atoms with Gasteiger partial charge in [0.1, 0.15) is 5.75 Å². The molecule has 2 N–H and O–H groups in total. The summed E-state index contributed by atoms with van der Waals surface area (Å²) in [4.78, 5) is 26.8. The van der Waals surface area contributed by atoms with E-state index in [9.17, 15) is 14.9 Å². The summed E-state index contributed by atoms with van der Waals surface area (Å²) in [6.07, 6.45) is -0.879. The van der Waals surface area contributed by atoms with Crippen LogP contribution in [0.15, 0.2) is 53.7 Å². The molecule has 0 aromatic heterocycles. The number of carbonyl (C=O) groups excluding carboxylic acids is 1. The lowest BCUT2D eigenvalue weighted by atomic mass is 10.2. The fourth-order valence-corrected chi connectivity index (χ4v) is 1.92. The highest BCUT2D eigenvalue weighted by Gasteiger charge is 2.17. The third-order valence-electron chi connectivity index (χ3n) is 3.24. The van der Waals surface area contributed by atoms with Gasteiger partial charge in [0.2, 0.25) is 0 Å². The summed E-state index contributed by atoms with van der Waals surface area (Å²) in [5.41, 5.74) is 7.02. The summed E-state index contributed by atoms with van der Waals surface area (Å²) in [5, 5.41) is 14.1. The molecule has 0 saturated heterocycles. The van der Waals surface area contributed by atoms with E-state index in [1.807, 2.05) is 19.1 Å². The molecule has 1 atom stereocenters. The molecule has 8 heteroatoms. The van der Waals surface area contributed by atoms with Crippen LogP contribution >= 0.6 is 0 Å². The fraction of sp³-hybridized carbons (Fsp3) is 0.176. The minimum Gasteiger partial charge on any atom is -0.479 e. The Hall–Kier alpha value is -3.42. The van der Waals surface area contributed by atoms with Gasteiger partial charge in [0, 0.05) is 17.7 Å². The fourth-order valence-electron chi connectivity index (χ4n) is 1.92. The molecule has 0 bridgehead atoms. The Morgan fingerprint density at radius 2 is 1.92 bits per heavy atom. The summed E-state index contributed by atoms with van der Waals surface area (Å²) in [7, 11) is 0. The van der Waals surface area contributed by atoms with Crippen LogP contribution in [-0.4, -0.2) is 22.8 Å². The highest BCUT2D eigenvalue weighted by molar-refractivity contribution is 5.97. The second-order valence-corrected chi connectivity index (χ2v) is 5.27. The average molecular weight is 343 g/mol. The predicted octanol–water partition coefficient (Wildman–Crippen LogP) is 2.53. The average Bonchev–Trinajstić information content (AvgIpc) is 2.59. The van der Waals surface area contributed by atoms with Gasteiger partial charge in [-0.25, -0.2) is 4.79 Å². The summed E-state index contributed by atoms with van der Waals surface area (Å²) in [6.45, 7) is 3.44. The summed E-state index contributed by atoms with van der Waals surface area (Å²) in [5.74, 6) is -0.255. The number of non-ortho nitro benzene ring substituents is 1. The molecule has 0 aliphatic carbocycles. The van der Waals surface area contributed by atoms with E-state index in [0.29, 0.717) is 11.3 Å². The van der Waals surface area contributed by atoms with E-state index in [2.05, 4.69) is 5.16 Å². The van der Waals surface area contributed by atoms with Crippen molar-refractivity contribution in [3.63, 3.8) is 0 Å². The number of aryl methyl sites for hydroxylation is 1. The van der Waals surface area contributed by atoms with Gasteiger partial charge in [-0.2, -0.15) is 0 Å². The summed E-state index contributed by atoms with van der Waals surface area (Å²) >= 11 is 0. The summed E-state index contributed by atoms with van der Waals surface area (Å²) < 4.78 is 5.48. The van der Waals surface area contributed by atoms with Gasteiger partial charge in [-0.15, -0.1) is 0 Å². The Balaban J connectivity index is 1.97. The smallest absolute Gasteiger partial charge is 0.374 e. The van der Waals surface area contributed by atoms with E-state index < -0.39 is 17.0 Å². The van der Waals surface area contributed by atoms with Crippen molar-refractivity contribution in [2.75, 3.05) is 0 Å². The minimum atomic E-state index is -0.879. The first-order valence-electron chi connectivity index (χ1n) is 7.39. The van der Waals surface area contributed by atoms with Crippen molar-refractivity contribution in [1.82, 2.24) is 0 Å². The molecule has 25 heavy (non-hydrogen) atoms. The molecular formula is C17H17N3O5. The van der Waals surface area contributed by atoms with Crippen LogP contribution in [0.4, 0.5) is 5.69 Å². The Morgan fingerprint density at radius 1 is 1.24 bits per heavy atom. The van der Waals surface area contributed by atoms with E-state index in [0.717, 1.165) is 5.56 Å². The van der Waals surface area contributed by atoms with E-state index in [-0.39, 0.29) is 11.5 Å². The van der Waals surface area contributed by atoms with Crippen LogP contribution in [-0.2, 0) is 9.63 Å². The van der Waals surface area contributed by atoms with Crippen LogP contribution in [0, 0.1) is 17.0 Å². The Labute approximate surface area is 144 Å². The molecule has 2 rings (SSSR count). The SMILES string of the molecule is Cc1cccc(OC(C)C(=O)ON=C(N)c2ccc([N+](=O)[O-])cc2)c1. The van der Waals surface area contributed by atoms with Gasteiger partial charge in [-0.1, -0.05) is 17.3 Å². The van der Waals surface area contributed by atoms with Crippen molar-refractivity contribution in [1.29, 1.82) is 0 Å². The number of nitrogens with two attached hydrogens (primary N) is 1. The van der Waals surface area contributed by atoms with Gasteiger partial charge in [0.15, 0.2) is 11.9 Å². The number of hydrogen-bond acceptors (Lipinski definition) is 6.